The number of carbonyl (C=O) groups excluding carboxylic acids is 2. The maximum absolute atomic E-state index is 14.5. The molecule has 0 spiro atoms. The van der Waals surface area contributed by atoms with Crippen LogP contribution in [-0.2, 0) is 12.6 Å². The van der Waals surface area contributed by atoms with Gasteiger partial charge in [0.05, 0.1) is 23.6 Å². The third kappa shape index (κ3) is 4.35. The molecular weight excluding hydrogens is 478 g/mol. The topological polar surface area (TPSA) is 83.7 Å². The van der Waals surface area contributed by atoms with Crippen LogP contribution in [0.25, 0.3) is 5.65 Å². The second-order valence-electron chi connectivity index (χ2n) is 8.64. The molecule has 2 aromatic carbocycles. The van der Waals surface area contributed by atoms with E-state index in [0.29, 0.717) is 6.42 Å². The lowest BCUT2D eigenvalue weighted by Gasteiger charge is -2.15. The van der Waals surface area contributed by atoms with Gasteiger partial charge in [0, 0.05) is 24.1 Å². The number of ketones is 1. The van der Waals surface area contributed by atoms with Gasteiger partial charge >= 0.3 is 6.18 Å². The average Bonchev–Trinajstić information content (AvgIpc) is 3.40. The van der Waals surface area contributed by atoms with Gasteiger partial charge in [-0.25, -0.2) is 9.37 Å². The summed E-state index contributed by atoms with van der Waals surface area (Å²) in [6.45, 7) is 0. The first-order valence-electron chi connectivity index (χ1n) is 11.1. The number of rotatable bonds is 5. The van der Waals surface area contributed by atoms with E-state index in [9.17, 15) is 32.3 Å². The van der Waals surface area contributed by atoms with E-state index in [4.69, 9.17) is 0 Å². The Kier molecular flexibility index (Phi) is 5.83. The van der Waals surface area contributed by atoms with Gasteiger partial charge in [0.1, 0.15) is 17.2 Å². The van der Waals surface area contributed by atoms with Crippen LogP contribution < -0.4 is 5.32 Å². The van der Waals surface area contributed by atoms with Crippen molar-refractivity contribution in [3.63, 3.8) is 0 Å². The first kappa shape index (κ1) is 23.7. The monoisotopic (exact) mass is 497 g/mol. The van der Waals surface area contributed by atoms with E-state index in [0.717, 1.165) is 46.1 Å². The first-order chi connectivity index (χ1) is 17.1. The second-order valence-corrected chi connectivity index (χ2v) is 8.64. The van der Waals surface area contributed by atoms with Gasteiger partial charge in [0.15, 0.2) is 5.78 Å². The minimum absolute atomic E-state index is 0.00925. The molecule has 10 heteroatoms. The summed E-state index contributed by atoms with van der Waals surface area (Å²) in [5.41, 5.74) is 0.569. The molecule has 2 atom stereocenters. The van der Waals surface area contributed by atoms with Crippen LogP contribution in [-0.4, -0.2) is 32.3 Å². The standard InChI is InChI=1S/C26H19F4N3O3/c27-19-7-5-15(22(34)11-18-17-4-2-1-3-14(17)10-23(18)35)9-20(19)32-25(36)21-12-31-24-8-6-16(13-33(21)24)26(28,29)30/h1-9,12-13,18,23,35H,10-11H2,(H,32,36)/t18-,23+/m0/s1. The molecule has 2 aromatic heterocycles. The molecule has 2 N–H and O–H groups in total. The number of aliphatic hydroxyl groups is 1. The molecule has 6 nitrogen and oxygen atoms in total. The van der Waals surface area contributed by atoms with Gasteiger partial charge in [0.2, 0.25) is 0 Å². The van der Waals surface area contributed by atoms with Crippen LogP contribution in [0.15, 0.2) is 67.0 Å². The predicted molar refractivity (Wildman–Crippen MR) is 122 cm³/mol. The quantitative estimate of drug-likeness (QED) is 0.300. The summed E-state index contributed by atoms with van der Waals surface area (Å²) in [5, 5.41) is 12.8. The van der Waals surface area contributed by atoms with E-state index in [1.807, 2.05) is 24.3 Å². The van der Waals surface area contributed by atoms with E-state index in [1.165, 1.54) is 12.1 Å². The van der Waals surface area contributed by atoms with Gasteiger partial charge in [0.25, 0.3) is 5.91 Å². The van der Waals surface area contributed by atoms with Crippen molar-refractivity contribution in [2.45, 2.75) is 31.0 Å². The van der Waals surface area contributed by atoms with Crippen molar-refractivity contribution in [1.29, 1.82) is 0 Å². The van der Waals surface area contributed by atoms with Gasteiger partial charge < -0.3 is 10.4 Å². The molecule has 184 valence electrons. The van der Waals surface area contributed by atoms with Crippen LogP contribution in [0.5, 0.6) is 0 Å². The Balaban J connectivity index is 1.38. The highest BCUT2D eigenvalue weighted by molar-refractivity contribution is 6.05. The van der Waals surface area contributed by atoms with Gasteiger partial charge in [-0.2, -0.15) is 13.2 Å². The highest BCUT2D eigenvalue weighted by Gasteiger charge is 2.33. The zero-order chi connectivity index (χ0) is 25.6. The second kappa shape index (κ2) is 8.87. The summed E-state index contributed by atoms with van der Waals surface area (Å²) in [5.74, 6) is -2.48. The summed E-state index contributed by atoms with van der Waals surface area (Å²) in [6.07, 6.45) is -3.10. The Morgan fingerprint density at radius 3 is 2.67 bits per heavy atom. The number of nitrogens with zero attached hydrogens (tertiary/aromatic N) is 2. The van der Waals surface area contributed by atoms with Crippen molar-refractivity contribution in [2.24, 2.45) is 0 Å². The normalized spacial score (nSPS) is 17.2. The number of alkyl halides is 3. The number of carbonyl (C=O) groups is 2. The largest absolute Gasteiger partial charge is 0.417 e. The number of pyridine rings is 1. The molecule has 1 amide bonds. The number of fused-ring (bicyclic) bond motifs is 2. The number of aromatic nitrogens is 2. The smallest absolute Gasteiger partial charge is 0.392 e. The molecular formula is C26H19F4N3O3. The van der Waals surface area contributed by atoms with Crippen molar-refractivity contribution < 1.29 is 32.3 Å². The van der Waals surface area contributed by atoms with Crippen LogP contribution in [0.2, 0.25) is 0 Å². The Hall–Kier alpha value is -4.05. The fourth-order valence-corrected chi connectivity index (χ4v) is 4.52. The third-order valence-corrected chi connectivity index (χ3v) is 6.36. The summed E-state index contributed by atoms with van der Waals surface area (Å²) >= 11 is 0. The summed E-state index contributed by atoms with van der Waals surface area (Å²) < 4.78 is 54.7. The van der Waals surface area contributed by atoms with E-state index in [-0.39, 0.29) is 34.8 Å². The number of anilines is 1. The molecule has 2 heterocycles. The number of amides is 1. The van der Waals surface area contributed by atoms with E-state index < -0.39 is 35.5 Å². The van der Waals surface area contributed by atoms with Crippen molar-refractivity contribution >= 4 is 23.0 Å². The fraction of sp³-hybridized carbons (Fsp3) is 0.192. The van der Waals surface area contributed by atoms with Gasteiger partial charge in [-0.1, -0.05) is 24.3 Å². The number of aliphatic hydroxyl groups excluding tert-OH is 1. The van der Waals surface area contributed by atoms with Crippen LogP contribution in [0, 0.1) is 5.82 Å². The zero-order valence-corrected chi connectivity index (χ0v) is 18.6. The molecule has 1 aliphatic carbocycles. The van der Waals surface area contributed by atoms with Crippen molar-refractivity contribution in [2.75, 3.05) is 5.32 Å². The third-order valence-electron chi connectivity index (χ3n) is 6.36. The molecule has 0 radical (unpaired) electrons. The number of benzene rings is 2. The van der Waals surface area contributed by atoms with Crippen molar-refractivity contribution in [3.05, 3.63) is 101 Å². The van der Waals surface area contributed by atoms with Crippen molar-refractivity contribution in [3.8, 4) is 0 Å². The van der Waals surface area contributed by atoms with Gasteiger partial charge in [-0.3, -0.25) is 14.0 Å². The zero-order valence-electron chi connectivity index (χ0n) is 18.6. The minimum atomic E-state index is -4.62. The molecule has 0 bridgehead atoms. The number of imidazole rings is 1. The molecule has 5 rings (SSSR count). The molecule has 4 aromatic rings. The highest BCUT2D eigenvalue weighted by Crippen LogP contribution is 2.36. The lowest BCUT2D eigenvalue weighted by atomic mass is 9.91. The van der Waals surface area contributed by atoms with Crippen LogP contribution in [0.4, 0.5) is 23.2 Å². The molecule has 1 aliphatic rings. The number of nitrogens with one attached hydrogen (secondary N) is 1. The van der Waals surface area contributed by atoms with Gasteiger partial charge in [-0.05, 0) is 47.9 Å². The van der Waals surface area contributed by atoms with E-state index in [2.05, 4.69) is 10.3 Å². The Labute approximate surface area is 202 Å². The maximum atomic E-state index is 14.5. The van der Waals surface area contributed by atoms with E-state index in [1.54, 1.807) is 0 Å². The summed E-state index contributed by atoms with van der Waals surface area (Å²) in [4.78, 5) is 29.7. The number of Topliss-reactive ketones (excluding diaryl/α,β-unsaturated/α-hetero) is 1. The lowest BCUT2D eigenvalue weighted by molar-refractivity contribution is -0.137. The van der Waals surface area contributed by atoms with Crippen LogP contribution in [0.1, 0.15) is 49.9 Å². The van der Waals surface area contributed by atoms with Crippen molar-refractivity contribution in [1.82, 2.24) is 9.38 Å². The maximum Gasteiger partial charge on any atom is 0.417 e. The first-order valence-corrected chi connectivity index (χ1v) is 11.1. The molecule has 0 saturated carbocycles. The molecule has 0 saturated heterocycles. The number of hydrogen-bond donors (Lipinski definition) is 2. The summed E-state index contributed by atoms with van der Waals surface area (Å²) in [6, 6.07) is 12.9. The Morgan fingerprint density at radius 1 is 1.11 bits per heavy atom. The van der Waals surface area contributed by atoms with Crippen LogP contribution >= 0.6 is 0 Å². The summed E-state index contributed by atoms with van der Waals surface area (Å²) in [7, 11) is 0. The Bertz CT molecular complexity index is 1500. The lowest BCUT2D eigenvalue weighted by Crippen LogP contribution is -2.18. The fourth-order valence-electron chi connectivity index (χ4n) is 4.52. The Morgan fingerprint density at radius 2 is 1.89 bits per heavy atom. The molecule has 0 aliphatic heterocycles. The number of halogens is 4. The molecule has 0 unspecified atom stereocenters. The van der Waals surface area contributed by atoms with Gasteiger partial charge in [-0.15, -0.1) is 0 Å². The predicted octanol–water partition coefficient (Wildman–Crippen LogP) is 5.02. The van der Waals surface area contributed by atoms with Crippen LogP contribution in [0.3, 0.4) is 0 Å². The minimum Gasteiger partial charge on any atom is -0.392 e. The van der Waals surface area contributed by atoms with E-state index >= 15 is 0 Å². The number of hydrogen-bond acceptors (Lipinski definition) is 4. The molecule has 0 fully saturated rings. The average molecular weight is 497 g/mol. The molecule has 36 heavy (non-hydrogen) atoms. The highest BCUT2D eigenvalue weighted by atomic mass is 19.4. The SMILES string of the molecule is O=C(C[C@H]1c2ccccc2C[C@H]1O)c1ccc(F)c(NC(=O)c2cnc3ccc(C(F)(F)F)cn23)c1.